The molecule has 0 bridgehead atoms. The number of halogens is 1. The van der Waals surface area contributed by atoms with Crippen molar-refractivity contribution in [3.8, 4) is 0 Å². The highest BCUT2D eigenvalue weighted by molar-refractivity contribution is 6.00. The van der Waals surface area contributed by atoms with Crippen LogP contribution in [0.25, 0.3) is 0 Å². The van der Waals surface area contributed by atoms with Crippen LogP contribution in [0, 0.1) is 5.82 Å². The van der Waals surface area contributed by atoms with Crippen molar-refractivity contribution in [1.29, 1.82) is 0 Å². The van der Waals surface area contributed by atoms with Crippen LogP contribution in [-0.2, 0) is 21.5 Å². The Morgan fingerprint density at radius 2 is 1.69 bits per heavy atom. The van der Waals surface area contributed by atoms with Gasteiger partial charge in [-0.25, -0.2) is 4.39 Å². The molecular formula is C25H28FN3O3. The Bertz CT molecular complexity index is 1040. The van der Waals surface area contributed by atoms with Crippen LogP contribution in [0.15, 0.2) is 42.5 Å². The number of nitrogens with one attached hydrogen (secondary N) is 1. The predicted octanol–water partition coefficient (Wildman–Crippen LogP) is 3.04. The quantitative estimate of drug-likeness (QED) is 0.730. The van der Waals surface area contributed by atoms with Crippen molar-refractivity contribution in [3.05, 3.63) is 65.0 Å². The van der Waals surface area contributed by atoms with Gasteiger partial charge in [0.25, 0.3) is 0 Å². The van der Waals surface area contributed by atoms with Crippen LogP contribution in [0.1, 0.15) is 48.2 Å². The van der Waals surface area contributed by atoms with Gasteiger partial charge in [-0.2, -0.15) is 0 Å². The SMILES string of the molecule is CC(=O)NC1(c2ccc(F)cc2)CCN(CC(=O)c2ccc3c(c2)CCN3C(C)=O)CC1. The van der Waals surface area contributed by atoms with Gasteiger partial charge in [-0.3, -0.25) is 19.3 Å². The van der Waals surface area contributed by atoms with Crippen LogP contribution >= 0.6 is 0 Å². The number of carbonyl (C=O) groups excluding carboxylic acids is 3. The first kappa shape index (κ1) is 22.1. The van der Waals surface area contributed by atoms with E-state index in [1.807, 2.05) is 12.1 Å². The van der Waals surface area contributed by atoms with E-state index >= 15 is 0 Å². The molecule has 4 rings (SSSR count). The molecule has 0 aliphatic carbocycles. The van der Waals surface area contributed by atoms with Crippen molar-refractivity contribution in [3.63, 3.8) is 0 Å². The van der Waals surface area contributed by atoms with E-state index in [0.717, 1.165) is 23.2 Å². The summed E-state index contributed by atoms with van der Waals surface area (Å²) in [5.41, 5.74) is 2.92. The number of ketones is 1. The summed E-state index contributed by atoms with van der Waals surface area (Å²) in [6.45, 7) is 5.29. The molecule has 0 atom stereocenters. The van der Waals surface area contributed by atoms with E-state index in [2.05, 4.69) is 10.2 Å². The van der Waals surface area contributed by atoms with Crippen molar-refractivity contribution in [2.75, 3.05) is 31.1 Å². The topological polar surface area (TPSA) is 69.7 Å². The van der Waals surface area contributed by atoms with Gasteiger partial charge in [0.1, 0.15) is 5.82 Å². The largest absolute Gasteiger partial charge is 0.347 e. The Labute approximate surface area is 187 Å². The van der Waals surface area contributed by atoms with E-state index < -0.39 is 5.54 Å². The van der Waals surface area contributed by atoms with E-state index in [-0.39, 0.29) is 23.4 Å². The second-order valence-corrected chi connectivity index (χ2v) is 8.73. The number of carbonyl (C=O) groups is 3. The van der Waals surface area contributed by atoms with Gasteiger partial charge in [0.15, 0.2) is 5.78 Å². The molecule has 2 aliphatic rings. The summed E-state index contributed by atoms with van der Waals surface area (Å²) < 4.78 is 13.4. The Morgan fingerprint density at radius 3 is 2.31 bits per heavy atom. The fraction of sp³-hybridized carbons (Fsp3) is 0.400. The summed E-state index contributed by atoms with van der Waals surface area (Å²) in [6.07, 6.45) is 2.04. The number of likely N-dealkylation sites (tertiary alicyclic amines) is 1. The summed E-state index contributed by atoms with van der Waals surface area (Å²) in [4.78, 5) is 40.4. The molecule has 1 fully saturated rings. The first-order valence-electron chi connectivity index (χ1n) is 11.0. The van der Waals surface area contributed by atoms with Gasteiger partial charge in [0.2, 0.25) is 11.8 Å². The fourth-order valence-corrected chi connectivity index (χ4v) is 4.88. The van der Waals surface area contributed by atoms with Crippen LogP contribution in [0.3, 0.4) is 0 Å². The van der Waals surface area contributed by atoms with Gasteiger partial charge in [0, 0.05) is 44.7 Å². The Balaban J connectivity index is 1.43. The summed E-state index contributed by atoms with van der Waals surface area (Å²) in [5.74, 6) is -0.380. The van der Waals surface area contributed by atoms with Gasteiger partial charge in [-0.1, -0.05) is 12.1 Å². The Morgan fingerprint density at radius 1 is 1.00 bits per heavy atom. The van der Waals surface area contributed by atoms with Gasteiger partial charge in [0.05, 0.1) is 12.1 Å². The monoisotopic (exact) mass is 437 g/mol. The third-order valence-electron chi connectivity index (χ3n) is 6.57. The summed E-state index contributed by atoms with van der Waals surface area (Å²) in [6, 6.07) is 11.8. The molecule has 2 aromatic carbocycles. The smallest absolute Gasteiger partial charge is 0.223 e. The molecule has 7 heteroatoms. The number of amides is 2. The van der Waals surface area contributed by atoms with Crippen LogP contribution in [0.4, 0.5) is 10.1 Å². The molecule has 1 saturated heterocycles. The van der Waals surface area contributed by atoms with E-state index in [9.17, 15) is 18.8 Å². The van der Waals surface area contributed by atoms with E-state index in [1.54, 1.807) is 30.0 Å². The highest BCUT2D eigenvalue weighted by Crippen LogP contribution is 2.34. The minimum Gasteiger partial charge on any atom is -0.347 e. The van der Waals surface area contributed by atoms with Crippen LogP contribution in [-0.4, -0.2) is 48.7 Å². The molecule has 2 amide bonds. The lowest BCUT2D eigenvalue weighted by Gasteiger charge is -2.42. The first-order valence-corrected chi connectivity index (χ1v) is 11.0. The zero-order chi connectivity index (χ0) is 22.9. The lowest BCUT2D eigenvalue weighted by atomic mass is 9.80. The van der Waals surface area contributed by atoms with E-state index in [4.69, 9.17) is 0 Å². The van der Waals surface area contributed by atoms with Gasteiger partial charge >= 0.3 is 0 Å². The molecule has 1 N–H and O–H groups in total. The maximum atomic E-state index is 13.4. The molecule has 0 saturated carbocycles. The molecular weight excluding hydrogens is 409 g/mol. The van der Waals surface area contributed by atoms with Crippen LogP contribution in [0.2, 0.25) is 0 Å². The van der Waals surface area contributed by atoms with Crippen LogP contribution < -0.4 is 10.2 Å². The molecule has 2 heterocycles. The lowest BCUT2D eigenvalue weighted by molar-refractivity contribution is -0.121. The van der Waals surface area contributed by atoms with E-state index in [0.29, 0.717) is 44.6 Å². The zero-order valence-corrected chi connectivity index (χ0v) is 18.5. The maximum Gasteiger partial charge on any atom is 0.223 e. The number of benzene rings is 2. The maximum absolute atomic E-state index is 13.4. The molecule has 168 valence electrons. The number of hydrogen-bond donors (Lipinski definition) is 1. The van der Waals surface area contributed by atoms with Gasteiger partial charge in [-0.15, -0.1) is 0 Å². The molecule has 0 radical (unpaired) electrons. The van der Waals surface area contributed by atoms with Crippen molar-refractivity contribution >= 4 is 23.3 Å². The third-order valence-corrected chi connectivity index (χ3v) is 6.57. The van der Waals surface area contributed by atoms with Crippen LogP contribution in [0.5, 0.6) is 0 Å². The van der Waals surface area contributed by atoms with Crippen molar-refractivity contribution in [2.45, 2.75) is 38.6 Å². The highest BCUT2D eigenvalue weighted by atomic mass is 19.1. The number of fused-ring (bicyclic) bond motifs is 1. The Hall–Kier alpha value is -3.06. The number of piperidine rings is 1. The molecule has 2 aliphatic heterocycles. The number of anilines is 1. The normalized spacial score (nSPS) is 17.7. The highest BCUT2D eigenvalue weighted by Gasteiger charge is 2.37. The lowest BCUT2D eigenvalue weighted by Crippen LogP contribution is -2.53. The molecule has 0 unspecified atom stereocenters. The van der Waals surface area contributed by atoms with Gasteiger partial charge in [-0.05, 0) is 60.7 Å². The predicted molar refractivity (Wildman–Crippen MR) is 120 cm³/mol. The minimum atomic E-state index is -0.553. The molecule has 0 aromatic heterocycles. The molecule has 2 aromatic rings. The van der Waals surface area contributed by atoms with E-state index in [1.165, 1.54) is 19.1 Å². The second-order valence-electron chi connectivity index (χ2n) is 8.73. The summed E-state index contributed by atoms with van der Waals surface area (Å²) >= 11 is 0. The fourth-order valence-electron chi connectivity index (χ4n) is 4.88. The summed E-state index contributed by atoms with van der Waals surface area (Å²) in [5, 5.41) is 3.07. The molecule has 32 heavy (non-hydrogen) atoms. The average Bonchev–Trinajstić information content (AvgIpc) is 3.19. The Kier molecular flexibility index (Phi) is 6.11. The number of rotatable bonds is 5. The third kappa shape index (κ3) is 4.43. The average molecular weight is 438 g/mol. The van der Waals surface area contributed by atoms with Crippen molar-refractivity contribution in [1.82, 2.24) is 10.2 Å². The number of nitrogens with zero attached hydrogens (tertiary/aromatic N) is 2. The molecule has 6 nitrogen and oxygen atoms in total. The molecule has 0 spiro atoms. The van der Waals surface area contributed by atoms with Crippen molar-refractivity contribution < 1.29 is 18.8 Å². The van der Waals surface area contributed by atoms with Crippen molar-refractivity contribution in [2.24, 2.45) is 0 Å². The summed E-state index contributed by atoms with van der Waals surface area (Å²) in [7, 11) is 0. The second kappa shape index (κ2) is 8.82. The van der Waals surface area contributed by atoms with Gasteiger partial charge < -0.3 is 10.2 Å². The minimum absolute atomic E-state index is 0.0138. The first-order chi connectivity index (χ1) is 15.3. The zero-order valence-electron chi connectivity index (χ0n) is 18.5. The number of Topliss-reactive ketones (excluding diaryl/α,β-unsaturated/α-hetero) is 1. The standard InChI is InChI=1S/C25H28FN3O3/c1-17(30)27-25(21-4-6-22(26)7-5-21)10-13-28(14-11-25)16-24(32)20-3-8-23-19(15-20)9-12-29(23)18(2)31/h3-8,15H,9-14,16H2,1-2H3,(H,27,30). The number of hydrogen-bond acceptors (Lipinski definition) is 4.